The molecule has 1 heterocycles. The van der Waals surface area contributed by atoms with Gasteiger partial charge in [0.15, 0.2) is 11.5 Å². The van der Waals surface area contributed by atoms with Gasteiger partial charge in [-0.3, -0.25) is 4.21 Å². The first-order valence-electron chi connectivity index (χ1n) is 6.54. The average molecular weight is 331 g/mol. The van der Waals surface area contributed by atoms with Crippen LogP contribution in [0.3, 0.4) is 0 Å². The largest absolute Gasteiger partial charge is 0.493 e. The molecule has 0 saturated carbocycles. The minimum absolute atomic E-state index is 0.236. The third-order valence-electron chi connectivity index (χ3n) is 3.24. The highest BCUT2D eigenvalue weighted by atomic mass is 35.5. The lowest BCUT2D eigenvalue weighted by atomic mass is 10.2. The fraction of sp³-hybridized carbons (Fsp3) is 0.500. The van der Waals surface area contributed by atoms with Crippen LogP contribution in [0, 0.1) is 0 Å². The molecule has 116 valence electrons. The van der Waals surface area contributed by atoms with Gasteiger partial charge in [-0.25, -0.2) is 4.98 Å². The van der Waals surface area contributed by atoms with Crippen molar-refractivity contribution in [3.63, 3.8) is 0 Å². The van der Waals surface area contributed by atoms with Crippen LogP contribution in [0.4, 0.5) is 0 Å². The first-order chi connectivity index (χ1) is 9.97. The molecule has 1 aromatic carbocycles. The summed E-state index contributed by atoms with van der Waals surface area (Å²) in [6.07, 6.45) is 1.69. The summed E-state index contributed by atoms with van der Waals surface area (Å²) >= 11 is 6.22. The Balaban J connectivity index is 2.61. The second-order valence-corrected chi connectivity index (χ2v) is 6.92. The first-order valence-corrected chi connectivity index (χ1v) is 8.70. The number of imidazole rings is 1. The molecule has 7 heteroatoms. The second kappa shape index (κ2) is 6.66. The van der Waals surface area contributed by atoms with Crippen LogP contribution in [-0.2, 0) is 17.3 Å². The van der Waals surface area contributed by atoms with Crippen LogP contribution in [0.25, 0.3) is 11.0 Å². The van der Waals surface area contributed by atoms with Crippen LogP contribution in [0.5, 0.6) is 11.5 Å². The SMILES string of the molecule is COc1cc2nc(C(C)Cl)n(CCS(C)=O)c2cc1OC. The van der Waals surface area contributed by atoms with E-state index in [2.05, 4.69) is 4.98 Å². The van der Waals surface area contributed by atoms with Gasteiger partial charge in [0.05, 0.1) is 30.6 Å². The van der Waals surface area contributed by atoms with E-state index in [1.807, 2.05) is 23.6 Å². The molecule has 0 radical (unpaired) electrons. The van der Waals surface area contributed by atoms with Gasteiger partial charge >= 0.3 is 0 Å². The van der Waals surface area contributed by atoms with E-state index in [0.29, 0.717) is 23.8 Å². The van der Waals surface area contributed by atoms with Crippen molar-refractivity contribution in [1.29, 1.82) is 0 Å². The summed E-state index contributed by atoms with van der Waals surface area (Å²) in [4.78, 5) is 4.57. The summed E-state index contributed by atoms with van der Waals surface area (Å²) < 4.78 is 24.0. The van der Waals surface area contributed by atoms with Gasteiger partial charge in [0.25, 0.3) is 0 Å². The molecule has 0 bridgehead atoms. The number of aryl methyl sites for hydroxylation is 1. The Kier molecular flexibility index (Phi) is 5.11. The molecule has 0 amide bonds. The van der Waals surface area contributed by atoms with Crippen LogP contribution in [0.15, 0.2) is 12.1 Å². The van der Waals surface area contributed by atoms with E-state index in [-0.39, 0.29) is 5.38 Å². The Bertz CT molecular complexity index is 670. The maximum atomic E-state index is 11.4. The zero-order chi connectivity index (χ0) is 15.6. The lowest BCUT2D eigenvalue weighted by molar-refractivity contribution is 0.355. The van der Waals surface area contributed by atoms with E-state index >= 15 is 0 Å². The van der Waals surface area contributed by atoms with Gasteiger partial charge in [-0.2, -0.15) is 0 Å². The fourth-order valence-corrected chi connectivity index (χ4v) is 2.84. The minimum Gasteiger partial charge on any atom is -0.493 e. The van der Waals surface area contributed by atoms with Gasteiger partial charge in [-0.1, -0.05) is 0 Å². The Morgan fingerprint density at radius 2 is 1.95 bits per heavy atom. The maximum Gasteiger partial charge on any atom is 0.163 e. The molecule has 2 atom stereocenters. The molecule has 0 aliphatic rings. The third-order valence-corrected chi connectivity index (χ3v) is 4.19. The van der Waals surface area contributed by atoms with Crippen LogP contribution < -0.4 is 9.47 Å². The second-order valence-electron chi connectivity index (χ2n) is 4.71. The van der Waals surface area contributed by atoms with Crippen LogP contribution in [0.2, 0.25) is 0 Å². The molecule has 0 fully saturated rings. The fourth-order valence-electron chi connectivity index (χ4n) is 2.23. The number of fused-ring (bicyclic) bond motifs is 1. The molecule has 0 N–H and O–H groups in total. The molecule has 0 spiro atoms. The molecule has 5 nitrogen and oxygen atoms in total. The number of aromatic nitrogens is 2. The van der Waals surface area contributed by atoms with Crippen LogP contribution >= 0.6 is 11.6 Å². The highest BCUT2D eigenvalue weighted by Crippen LogP contribution is 2.34. The van der Waals surface area contributed by atoms with Crippen molar-refractivity contribution in [2.75, 3.05) is 26.2 Å². The Labute approximate surface area is 131 Å². The number of rotatable bonds is 6. The molecule has 2 unspecified atom stereocenters. The van der Waals surface area contributed by atoms with E-state index in [9.17, 15) is 4.21 Å². The van der Waals surface area contributed by atoms with Crippen molar-refractivity contribution in [2.24, 2.45) is 0 Å². The molecular formula is C14H19ClN2O3S. The van der Waals surface area contributed by atoms with Crippen molar-refractivity contribution in [2.45, 2.75) is 18.8 Å². The highest BCUT2D eigenvalue weighted by Gasteiger charge is 2.18. The average Bonchev–Trinajstić information content (AvgIpc) is 2.81. The van der Waals surface area contributed by atoms with E-state index < -0.39 is 10.8 Å². The van der Waals surface area contributed by atoms with E-state index in [4.69, 9.17) is 21.1 Å². The summed E-state index contributed by atoms with van der Waals surface area (Å²) in [5.74, 6) is 2.57. The van der Waals surface area contributed by atoms with Crippen molar-refractivity contribution in [3.8, 4) is 11.5 Å². The summed E-state index contributed by atoms with van der Waals surface area (Å²) in [5, 5.41) is -0.236. The van der Waals surface area contributed by atoms with E-state index in [0.717, 1.165) is 16.9 Å². The van der Waals surface area contributed by atoms with Gasteiger partial charge < -0.3 is 14.0 Å². The van der Waals surface area contributed by atoms with Gasteiger partial charge in [-0.05, 0) is 6.92 Å². The molecule has 0 saturated heterocycles. The maximum absolute atomic E-state index is 11.4. The number of nitrogens with zero attached hydrogens (tertiary/aromatic N) is 2. The van der Waals surface area contributed by atoms with Gasteiger partial charge in [0, 0.05) is 41.5 Å². The zero-order valence-corrected chi connectivity index (χ0v) is 14.1. The summed E-state index contributed by atoms with van der Waals surface area (Å²) in [6, 6.07) is 3.71. The van der Waals surface area contributed by atoms with E-state index in [1.54, 1.807) is 20.5 Å². The van der Waals surface area contributed by atoms with Gasteiger partial charge in [-0.15, -0.1) is 11.6 Å². The van der Waals surface area contributed by atoms with Crippen LogP contribution in [-0.4, -0.2) is 40.0 Å². The Hall–Kier alpha value is -1.27. The van der Waals surface area contributed by atoms with Crippen LogP contribution in [0.1, 0.15) is 18.1 Å². The predicted molar refractivity (Wildman–Crippen MR) is 86.0 cm³/mol. The summed E-state index contributed by atoms with van der Waals surface area (Å²) in [7, 11) is 2.31. The molecule has 21 heavy (non-hydrogen) atoms. The predicted octanol–water partition coefficient (Wildman–Crippen LogP) is 2.73. The zero-order valence-electron chi connectivity index (χ0n) is 12.6. The van der Waals surface area contributed by atoms with Crippen molar-refractivity contribution in [3.05, 3.63) is 18.0 Å². The van der Waals surface area contributed by atoms with Crippen molar-refractivity contribution < 1.29 is 13.7 Å². The monoisotopic (exact) mass is 330 g/mol. The lowest BCUT2D eigenvalue weighted by Crippen LogP contribution is -2.10. The molecule has 1 aromatic heterocycles. The smallest absolute Gasteiger partial charge is 0.163 e. The number of hydrogen-bond acceptors (Lipinski definition) is 4. The standard InChI is InChI=1S/C14H19ClN2O3S/c1-9(15)14-16-10-7-12(19-2)13(20-3)8-11(10)17(14)5-6-21(4)18/h7-9H,5-6H2,1-4H3. The van der Waals surface area contributed by atoms with Crippen molar-refractivity contribution in [1.82, 2.24) is 9.55 Å². The topological polar surface area (TPSA) is 53.4 Å². The Morgan fingerprint density at radius 1 is 1.33 bits per heavy atom. The third kappa shape index (κ3) is 3.32. The molecule has 2 rings (SSSR count). The summed E-state index contributed by atoms with van der Waals surface area (Å²) in [5.41, 5.74) is 1.69. The number of hydrogen-bond donors (Lipinski definition) is 0. The molecular weight excluding hydrogens is 312 g/mol. The minimum atomic E-state index is -0.875. The number of ether oxygens (including phenoxy) is 2. The number of alkyl halides is 1. The first kappa shape index (κ1) is 16.1. The number of methoxy groups -OCH3 is 2. The summed E-state index contributed by atoms with van der Waals surface area (Å²) in [6.45, 7) is 2.47. The van der Waals surface area contributed by atoms with E-state index in [1.165, 1.54) is 0 Å². The Morgan fingerprint density at radius 3 is 2.48 bits per heavy atom. The van der Waals surface area contributed by atoms with Gasteiger partial charge in [0.1, 0.15) is 5.82 Å². The molecule has 0 aliphatic heterocycles. The highest BCUT2D eigenvalue weighted by molar-refractivity contribution is 7.84. The molecule has 0 aliphatic carbocycles. The normalized spacial score (nSPS) is 14.1. The van der Waals surface area contributed by atoms with Gasteiger partial charge in [0.2, 0.25) is 0 Å². The number of benzene rings is 1. The lowest BCUT2D eigenvalue weighted by Gasteiger charge is -2.11. The van der Waals surface area contributed by atoms with Crippen molar-refractivity contribution >= 4 is 33.4 Å². The molecule has 2 aromatic rings. The number of halogens is 1. The quantitative estimate of drug-likeness (QED) is 0.764.